The Hall–Kier alpha value is -1.35. The molecular formula is C16H24N2O. The summed E-state index contributed by atoms with van der Waals surface area (Å²) in [6.45, 7) is 6.87. The van der Waals surface area contributed by atoms with Crippen LogP contribution in [0.15, 0.2) is 18.2 Å². The van der Waals surface area contributed by atoms with Crippen LogP contribution < -0.4 is 5.32 Å². The van der Waals surface area contributed by atoms with E-state index in [1.807, 2.05) is 6.07 Å². The van der Waals surface area contributed by atoms with Crippen molar-refractivity contribution in [3.63, 3.8) is 0 Å². The number of anilines is 1. The Kier molecular flexibility index (Phi) is 4.97. The molecule has 0 spiro atoms. The first-order valence-electron chi connectivity index (χ1n) is 7.34. The van der Waals surface area contributed by atoms with Crippen LogP contribution in [0.25, 0.3) is 0 Å². The van der Waals surface area contributed by atoms with E-state index in [4.69, 9.17) is 0 Å². The predicted octanol–water partition coefficient (Wildman–Crippen LogP) is 2.84. The van der Waals surface area contributed by atoms with Crippen LogP contribution in [0.5, 0.6) is 0 Å². The summed E-state index contributed by atoms with van der Waals surface area (Å²) in [5, 5.41) is 2.74. The summed E-state index contributed by atoms with van der Waals surface area (Å²) < 4.78 is 0. The molecule has 0 heterocycles. The largest absolute Gasteiger partial charge is 0.329 e. The SMILES string of the molecule is CCCN(CCC)[C@H]1Cc2ccc(NC=O)cc2C1. The van der Waals surface area contributed by atoms with Gasteiger partial charge in [0.1, 0.15) is 0 Å². The zero-order valence-corrected chi connectivity index (χ0v) is 12.0. The van der Waals surface area contributed by atoms with Gasteiger partial charge in [0.05, 0.1) is 0 Å². The fourth-order valence-electron chi connectivity index (χ4n) is 3.06. The van der Waals surface area contributed by atoms with Crippen LogP contribution in [0.2, 0.25) is 0 Å². The summed E-state index contributed by atoms with van der Waals surface area (Å²) >= 11 is 0. The standard InChI is InChI=1S/C16H24N2O/c1-3-7-18(8-4-2)16-10-13-5-6-15(17-12-19)9-14(13)11-16/h5-6,9,12,16H,3-4,7-8,10-11H2,1-2H3,(H,17,19)/t16-/m0/s1. The number of fused-ring (bicyclic) bond motifs is 1. The minimum absolute atomic E-state index is 0.640. The molecule has 1 aliphatic carbocycles. The molecule has 19 heavy (non-hydrogen) atoms. The van der Waals surface area contributed by atoms with Crippen LogP contribution in [-0.2, 0) is 17.6 Å². The average molecular weight is 260 g/mol. The first-order chi connectivity index (χ1) is 9.28. The Morgan fingerprint density at radius 1 is 1.21 bits per heavy atom. The quantitative estimate of drug-likeness (QED) is 0.765. The molecule has 0 aliphatic heterocycles. The van der Waals surface area contributed by atoms with Gasteiger partial charge in [-0.05, 0) is 62.0 Å². The molecule has 0 saturated carbocycles. The number of amides is 1. The molecule has 1 amide bonds. The molecule has 1 aliphatic rings. The smallest absolute Gasteiger partial charge is 0.211 e. The van der Waals surface area contributed by atoms with E-state index in [0.717, 1.165) is 24.9 Å². The maximum Gasteiger partial charge on any atom is 0.211 e. The number of hydrogen-bond acceptors (Lipinski definition) is 2. The topological polar surface area (TPSA) is 32.3 Å². The maximum atomic E-state index is 10.5. The molecule has 0 saturated heterocycles. The average Bonchev–Trinajstić information content (AvgIpc) is 2.82. The Morgan fingerprint density at radius 3 is 2.53 bits per heavy atom. The lowest BCUT2D eigenvalue weighted by Crippen LogP contribution is -2.37. The lowest BCUT2D eigenvalue weighted by Gasteiger charge is -2.27. The first-order valence-corrected chi connectivity index (χ1v) is 7.34. The molecular weight excluding hydrogens is 236 g/mol. The number of carbonyl (C=O) groups is 1. The molecule has 0 unspecified atom stereocenters. The van der Waals surface area contributed by atoms with Gasteiger partial charge in [-0.25, -0.2) is 0 Å². The van der Waals surface area contributed by atoms with E-state index in [2.05, 4.69) is 36.2 Å². The molecule has 1 N–H and O–H groups in total. The molecule has 0 aromatic heterocycles. The van der Waals surface area contributed by atoms with E-state index >= 15 is 0 Å². The Morgan fingerprint density at radius 2 is 1.89 bits per heavy atom. The van der Waals surface area contributed by atoms with E-state index in [1.165, 1.54) is 37.1 Å². The van der Waals surface area contributed by atoms with Crippen molar-refractivity contribution in [3.05, 3.63) is 29.3 Å². The van der Waals surface area contributed by atoms with Gasteiger partial charge in [0.2, 0.25) is 6.41 Å². The highest BCUT2D eigenvalue weighted by atomic mass is 16.1. The third-order valence-electron chi connectivity index (χ3n) is 3.88. The van der Waals surface area contributed by atoms with Crippen LogP contribution in [0.3, 0.4) is 0 Å². The summed E-state index contributed by atoms with van der Waals surface area (Å²) in [6.07, 6.45) is 5.44. The lowest BCUT2D eigenvalue weighted by atomic mass is 10.1. The third-order valence-corrected chi connectivity index (χ3v) is 3.88. The molecule has 0 radical (unpaired) electrons. The summed E-state index contributed by atoms with van der Waals surface area (Å²) in [6, 6.07) is 6.93. The van der Waals surface area contributed by atoms with E-state index in [0.29, 0.717) is 6.04 Å². The second kappa shape index (κ2) is 6.71. The van der Waals surface area contributed by atoms with Gasteiger partial charge in [-0.15, -0.1) is 0 Å². The van der Waals surface area contributed by atoms with Crippen molar-refractivity contribution in [2.45, 2.75) is 45.6 Å². The van der Waals surface area contributed by atoms with Gasteiger partial charge in [0.15, 0.2) is 0 Å². The lowest BCUT2D eigenvalue weighted by molar-refractivity contribution is -0.105. The van der Waals surface area contributed by atoms with Crippen LogP contribution >= 0.6 is 0 Å². The molecule has 1 aromatic rings. The minimum atomic E-state index is 0.640. The normalized spacial score (nSPS) is 17.5. The van der Waals surface area contributed by atoms with Crippen molar-refractivity contribution in [3.8, 4) is 0 Å². The van der Waals surface area contributed by atoms with Crippen molar-refractivity contribution in [1.82, 2.24) is 4.90 Å². The van der Waals surface area contributed by atoms with Crippen LogP contribution in [-0.4, -0.2) is 30.4 Å². The maximum absolute atomic E-state index is 10.5. The van der Waals surface area contributed by atoms with Crippen molar-refractivity contribution in [1.29, 1.82) is 0 Å². The Labute approximate surface area is 116 Å². The van der Waals surface area contributed by atoms with E-state index < -0.39 is 0 Å². The Balaban J connectivity index is 2.07. The van der Waals surface area contributed by atoms with Gasteiger partial charge in [-0.1, -0.05) is 19.9 Å². The zero-order valence-electron chi connectivity index (χ0n) is 12.0. The monoisotopic (exact) mass is 260 g/mol. The van der Waals surface area contributed by atoms with Crippen molar-refractivity contribution in [2.75, 3.05) is 18.4 Å². The Bertz CT molecular complexity index is 425. The number of nitrogens with one attached hydrogen (secondary N) is 1. The molecule has 104 valence electrons. The molecule has 3 heteroatoms. The van der Waals surface area contributed by atoms with E-state index in [9.17, 15) is 4.79 Å². The fourth-order valence-corrected chi connectivity index (χ4v) is 3.06. The van der Waals surface area contributed by atoms with Gasteiger partial charge in [-0.2, -0.15) is 0 Å². The number of nitrogens with zero attached hydrogens (tertiary/aromatic N) is 1. The van der Waals surface area contributed by atoms with E-state index in [-0.39, 0.29) is 0 Å². The van der Waals surface area contributed by atoms with Gasteiger partial charge < -0.3 is 5.32 Å². The molecule has 1 atom stereocenters. The van der Waals surface area contributed by atoms with Gasteiger partial charge in [0, 0.05) is 11.7 Å². The number of benzene rings is 1. The fraction of sp³-hybridized carbons (Fsp3) is 0.562. The molecule has 1 aromatic carbocycles. The summed E-state index contributed by atoms with van der Waals surface area (Å²) in [7, 11) is 0. The van der Waals surface area contributed by atoms with Crippen LogP contribution in [0.1, 0.15) is 37.8 Å². The summed E-state index contributed by atoms with van der Waals surface area (Å²) in [5.41, 5.74) is 3.75. The van der Waals surface area contributed by atoms with Gasteiger partial charge in [-0.3, -0.25) is 9.69 Å². The molecule has 0 bridgehead atoms. The molecule has 2 rings (SSSR count). The highest BCUT2D eigenvalue weighted by Crippen LogP contribution is 2.28. The highest BCUT2D eigenvalue weighted by Gasteiger charge is 2.25. The van der Waals surface area contributed by atoms with Crippen LogP contribution in [0, 0.1) is 0 Å². The number of rotatable bonds is 7. The highest BCUT2D eigenvalue weighted by molar-refractivity contribution is 5.71. The van der Waals surface area contributed by atoms with Gasteiger partial charge in [0.25, 0.3) is 0 Å². The van der Waals surface area contributed by atoms with Gasteiger partial charge >= 0.3 is 0 Å². The number of carbonyl (C=O) groups excluding carboxylic acids is 1. The molecule has 0 fully saturated rings. The summed E-state index contributed by atoms with van der Waals surface area (Å²) in [4.78, 5) is 13.1. The second-order valence-electron chi connectivity index (χ2n) is 5.34. The predicted molar refractivity (Wildman–Crippen MR) is 79.5 cm³/mol. The summed E-state index contributed by atoms with van der Waals surface area (Å²) in [5.74, 6) is 0. The van der Waals surface area contributed by atoms with Crippen molar-refractivity contribution in [2.24, 2.45) is 0 Å². The first kappa shape index (κ1) is 14.1. The second-order valence-corrected chi connectivity index (χ2v) is 5.34. The van der Waals surface area contributed by atoms with Crippen molar-refractivity contribution >= 4 is 12.1 Å². The number of hydrogen-bond donors (Lipinski definition) is 1. The third kappa shape index (κ3) is 3.35. The van der Waals surface area contributed by atoms with Crippen molar-refractivity contribution < 1.29 is 4.79 Å². The van der Waals surface area contributed by atoms with Crippen LogP contribution in [0.4, 0.5) is 5.69 Å². The minimum Gasteiger partial charge on any atom is -0.329 e. The van der Waals surface area contributed by atoms with E-state index in [1.54, 1.807) is 0 Å². The zero-order chi connectivity index (χ0) is 13.7. The molecule has 3 nitrogen and oxygen atoms in total.